The molecule has 0 spiro atoms. The van der Waals surface area contributed by atoms with Crippen LogP contribution in [-0.2, 0) is 11.3 Å². The molecule has 1 fully saturated rings. The molecule has 2 rings (SSSR count). The number of halogens is 2. The molecule has 0 radical (unpaired) electrons. The Bertz CT molecular complexity index is 345. The molecule has 0 aromatic carbocycles. The second kappa shape index (κ2) is 7.65. The minimum Gasteiger partial charge on any atom is -0.452 e. The number of hydrogen-bond acceptors (Lipinski definition) is 4. The molecule has 0 bridgehead atoms. The lowest BCUT2D eigenvalue weighted by Crippen LogP contribution is -2.37. The summed E-state index contributed by atoms with van der Waals surface area (Å²) < 4.78 is 12.5. The number of ether oxygens (including phenoxy) is 1. The summed E-state index contributed by atoms with van der Waals surface area (Å²) in [6.45, 7) is 6.81. The first-order valence-electron chi connectivity index (χ1n) is 6.20. The van der Waals surface area contributed by atoms with Gasteiger partial charge >= 0.3 is 0 Å². The largest absolute Gasteiger partial charge is 0.452 e. The predicted molar refractivity (Wildman–Crippen MR) is 77.7 cm³/mol. The molecule has 1 aliphatic heterocycles. The van der Waals surface area contributed by atoms with Gasteiger partial charge < -0.3 is 14.5 Å². The highest BCUT2D eigenvalue weighted by Crippen LogP contribution is 2.26. The maximum absolute atomic E-state index is 5.49. The summed E-state index contributed by atoms with van der Waals surface area (Å²) in [7, 11) is 0. The van der Waals surface area contributed by atoms with Crippen LogP contribution in [0.1, 0.15) is 12.2 Å². The predicted octanol–water partition coefficient (Wildman–Crippen LogP) is 2.62. The Labute approximate surface area is 124 Å². The van der Waals surface area contributed by atoms with E-state index in [0.717, 1.165) is 67.3 Å². The minimum absolute atomic E-state index is 0.757. The lowest BCUT2D eigenvalue weighted by molar-refractivity contribution is 0.0374. The topological polar surface area (TPSA) is 37.6 Å². The normalized spacial score (nSPS) is 17.2. The van der Waals surface area contributed by atoms with E-state index in [9.17, 15) is 0 Å². The Morgan fingerprint density at radius 2 is 2.06 bits per heavy atom. The molecule has 18 heavy (non-hydrogen) atoms. The summed E-state index contributed by atoms with van der Waals surface area (Å²) in [5, 5.41) is 3.39. The zero-order valence-corrected chi connectivity index (χ0v) is 13.4. The standard InChI is InChI=1S/C12H18Br2N2O2/c13-11-8-10(18-12(11)14)9-15-2-1-3-16-4-6-17-7-5-16/h8,15H,1-7,9H2. The van der Waals surface area contributed by atoms with Gasteiger partial charge in [0.2, 0.25) is 0 Å². The van der Waals surface area contributed by atoms with E-state index < -0.39 is 0 Å². The van der Waals surface area contributed by atoms with Crippen LogP contribution in [0.25, 0.3) is 0 Å². The summed E-state index contributed by atoms with van der Waals surface area (Å²) in [5.74, 6) is 0.945. The Morgan fingerprint density at radius 1 is 1.28 bits per heavy atom. The number of nitrogens with one attached hydrogen (secondary N) is 1. The molecule has 1 aliphatic rings. The van der Waals surface area contributed by atoms with Gasteiger partial charge in [0.1, 0.15) is 5.76 Å². The van der Waals surface area contributed by atoms with E-state index in [1.165, 1.54) is 0 Å². The van der Waals surface area contributed by atoms with Crippen molar-refractivity contribution in [3.8, 4) is 0 Å². The van der Waals surface area contributed by atoms with Crippen LogP contribution in [0.2, 0.25) is 0 Å². The van der Waals surface area contributed by atoms with Crippen LogP contribution >= 0.6 is 31.9 Å². The fraction of sp³-hybridized carbons (Fsp3) is 0.667. The van der Waals surface area contributed by atoms with Gasteiger partial charge in [0, 0.05) is 13.1 Å². The van der Waals surface area contributed by atoms with Crippen molar-refractivity contribution < 1.29 is 9.15 Å². The van der Waals surface area contributed by atoms with E-state index in [1.807, 2.05) is 6.07 Å². The second-order valence-corrected chi connectivity index (χ2v) is 5.89. The van der Waals surface area contributed by atoms with Crippen LogP contribution in [0, 0.1) is 0 Å². The van der Waals surface area contributed by atoms with Crippen molar-refractivity contribution in [1.29, 1.82) is 0 Å². The molecule has 1 saturated heterocycles. The van der Waals surface area contributed by atoms with E-state index in [0.29, 0.717) is 0 Å². The van der Waals surface area contributed by atoms with Crippen molar-refractivity contribution in [2.24, 2.45) is 0 Å². The third-order valence-corrected chi connectivity index (χ3v) is 4.64. The smallest absolute Gasteiger partial charge is 0.183 e. The first kappa shape index (κ1) is 14.5. The lowest BCUT2D eigenvalue weighted by atomic mass is 10.3. The zero-order chi connectivity index (χ0) is 12.8. The van der Waals surface area contributed by atoms with Gasteiger partial charge in [-0.25, -0.2) is 0 Å². The zero-order valence-electron chi connectivity index (χ0n) is 10.3. The van der Waals surface area contributed by atoms with Crippen molar-refractivity contribution in [2.75, 3.05) is 39.4 Å². The van der Waals surface area contributed by atoms with Crippen LogP contribution in [0.3, 0.4) is 0 Å². The monoisotopic (exact) mass is 380 g/mol. The van der Waals surface area contributed by atoms with Crippen molar-refractivity contribution in [3.63, 3.8) is 0 Å². The summed E-state index contributed by atoms with van der Waals surface area (Å²) >= 11 is 6.73. The van der Waals surface area contributed by atoms with Crippen molar-refractivity contribution in [3.05, 3.63) is 21.0 Å². The number of furan rings is 1. The SMILES string of the molecule is Brc1cc(CNCCCN2CCOCC2)oc1Br. The molecule has 2 heterocycles. The quantitative estimate of drug-likeness (QED) is 0.768. The van der Waals surface area contributed by atoms with Gasteiger partial charge in [-0.3, -0.25) is 4.90 Å². The van der Waals surface area contributed by atoms with Crippen LogP contribution < -0.4 is 5.32 Å². The van der Waals surface area contributed by atoms with Crippen molar-refractivity contribution in [1.82, 2.24) is 10.2 Å². The van der Waals surface area contributed by atoms with Crippen molar-refractivity contribution in [2.45, 2.75) is 13.0 Å². The van der Waals surface area contributed by atoms with E-state index in [4.69, 9.17) is 9.15 Å². The molecule has 102 valence electrons. The molecule has 0 amide bonds. The van der Waals surface area contributed by atoms with Gasteiger partial charge in [-0.05, 0) is 57.4 Å². The van der Waals surface area contributed by atoms with Crippen molar-refractivity contribution >= 4 is 31.9 Å². The van der Waals surface area contributed by atoms with Gasteiger partial charge in [-0.15, -0.1) is 0 Å². The highest BCUT2D eigenvalue weighted by atomic mass is 79.9. The number of rotatable bonds is 6. The first-order chi connectivity index (χ1) is 8.75. The maximum Gasteiger partial charge on any atom is 0.183 e. The molecule has 0 aliphatic carbocycles. The average molecular weight is 382 g/mol. The summed E-state index contributed by atoms with van der Waals surface area (Å²) in [6.07, 6.45) is 1.16. The van der Waals surface area contributed by atoms with Gasteiger partial charge in [0.05, 0.1) is 24.2 Å². The average Bonchev–Trinajstić information content (AvgIpc) is 2.70. The van der Waals surface area contributed by atoms with Gasteiger partial charge in [0.25, 0.3) is 0 Å². The number of hydrogen-bond donors (Lipinski definition) is 1. The van der Waals surface area contributed by atoms with Crippen LogP contribution in [0.4, 0.5) is 0 Å². The molecule has 1 aromatic heterocycles. The third kappa shape index (κ3) is 4.66. The van der Waals surface area contributed by atoms with Crippen LogP contribution in [-0.4, -0.2) is 44.3 Å². The Kier molecular flexibility index (Phi) is 6.17. The highest BCUT2D eigenvalue weighted by molar-refractivity contribution is 9.13. The molecule has 1 N–H and O–H groups in total. The Morgan fingerprint density at radius 3 is 2.72 bits per heavy atom. The maximum atomic E-state index is 5.49. The molecule has 0 unspecified atom stereocenters. The molecule has 4 nitrogen and oxygen atoms in total. The molecule has 0 atom stereocenters. The molecule has 1 aromatic rings. The second-order valence-electron chi connectivity index (χ2n) is 4.32. The summed E-state index contributed by atoms with van der Waals surface area (Å²) in [4.78, 5) is 2.45. The van der Waals surface area contributed by atoms with Gasteiger partial charge in [-0.2, -0.15) is 0 Å². The minimum atomic E-state index is 0.757. The molecular weight excluding hydrogens is 364 g/mol. The fourth-order valence-corrected chi connectivity index (χ4v) is 2.60. The summed E-state index contributed by atoms with van der Waals surface area (Å²) in [6, 6.07) is 1.99. The van der Waals surface area contributed by atoms with E-state index in [2.05, 4.69) is 42.1 Å². The Balaban J connectivity index is 1.55. The van der Waals surface area contributed by atoms with E-state index in [-0.39, 0.29) is 0 Å². The first-order valence-corrected chi connectivity index (χ1v) is 7.79. The van der Waals surface area contributed by atoms with Gasteiger partial charge in [-0.1, -0.05) is 0 Å². The van der Waals surface area contributed by atoms with Crippen LogP contribution in [0.5, 0.6) is 0 Å². The summed E-state index contributed by atoms with van der Waals surface area (Å²) in [5.41, 5.74) is 0. The van der Waals surface area contributed by atoms with Crippen LogP contribution in [0.15, 0.2) is 19.6 Å². The number of morpholine rings is 1. The lowest BCUT2D eigenvalue weighted by Gasteiger charge is -2.26. The van der Waals surface area contributed by atoms with Gasteiger partial charge in [0.15, 0.2) is 4.67 Å². The van der Waals surface area contributed by atoms with E-state index in [1.54, 1.807) is 0 Å². The molecular formula is C12H18Br2N2O2. The molecule has 6 heteroatoms. The fourth-order valence-electron chi connectivity index (χ4n) is 1.94. The Hall–Kier alpha value is 0.120. The highest BCUT2D eigenvalue weighted by Gasteiger charge is 2.09. The number of nitrogens with zero attached hydrogens (tertiary/aromatic N) is 1. The molecule has 0 saturated carbocycles. The third-order valence-electron chi connectivity index (χ3n) is 2.93. The van der Waals surface area contributed by atoms with E-state index >= 15 is 0 Å².